The van der Waals surface area contributed by atoms with Crippen LogP contribution in [0, 0.1) is 0 Å². The molecular weight excluding hydrogens is 538 g/mol. The standard InChI is InChI=1S/C26H21BrClNO4S/c1-2-32-22-13-18(12-20(27)24(22)33-16-17-8-4-3-5-9-17)14-23-25(30)29(26(31)34-23)15-19-10-6-7-11-21(19)28/h3-14H,2,15-16H2,1H3/b23-14+. The molecule has 0 spiro atoms. The van der Waals surface area contributed by atoms with Gasteiger partial charge >= 0.3 is 0 Å². The summed E-state index contributed by atoms with van der Waals surface area (Å²) in [5.74, 6) is 0.775. The van der Waals surface area contributed by atoms with E-state index in [-0.39, 0.29) is 17.7 Å². The number of thioether (sulfide) groups is 1. The molecule has 4 rings (SSSR count). The molecule has 0 aromatic heterocycles. The van der Waals surface area contributed by atoms with E-state index in [2.05, 4.69) is 15.9 Å². The van der Waals surface area contributed by atoms with Crippen LogP contribution in [0.5, 0.6) is 11.5 Å². The Bertz CT molecular complexity index is 1250. The lowest BCUT2D eigenvalue weighted by atomic mass is 10.1. The third kappa shape index (κ3) is 5.66. The van der Waals surface area contributed by atoms with Crippen molar-refractivity contribution in [2.75, 3.05) is 6.61 Å². The first-order chi connectivity index (χ1) is 16.5. The smallest absolute Gasteiger partial charge is 0.293 e. The summed E-state index contributed by atoms with van der Waals surface area (Å²) in [5.41, 5.74) is 2.47. The predicted octanol–water partition coefficient (Wildman–Crippen LogP) is 7.32. The van der Waals surface area contributed by atoms with Crippen LogP contribution in [0.2, 0.25) is 5.02 Å². The van der Waals surface area contributed by atoms with Crippen molar-refractivity contribution in [1.82, 2.24) is 4.90 Å². The Morgan fingerprint density at radius 3 is 2.50 bits per heavy atom. The fourth-order valence-electron chi connectivity index (χ4n) is 3.39. The molecule has 0 saturated carbocycles. The highest BCUT2D eigenvalue weighted by Crippen LogP contribution is 2.40. The number of carbonyl (C=O) groups is 2. The van der Waals surface area contributed by atoms with Crippen molar-refractivity contribution < 1.29 is 19.1 Å². The van der Waals surface area contributed by atoms with E-state index in [1.54, 1.807) is 30.3 Å². The van der Waals surface area contributed by atoms with Crippen LogP contribution in [0.3, 0.4) is 0 Å². The molecule has 0 atom stereocenters. The second-order valence-electron chi connectivity index (χ2n) is 7.40. The Kier molecular flexibility index (Phi) is 7.98. The zero-order valence-corrected chi connectivity index (χ0v) is 21.5. The Morgan fingerprint density at radius 1 is 1.03 bits per heavy atom. The molecule has 0 radical (unpaired) electrons. The van der Waals surface area contributed by atoms with Crippen LogP contribution in [0.4, 0.5) is 4.79 Å². The van der Waals surface area contributed by atoms with Gasteiger partial charge in [-0.3, -0.25) is 14.5 Å². The number of benzene rings is 3. The van der Waals surface area contributed by atoms with Crippen LogP contribution in [0.25, 0.3) is 6.08 Å². The number of imide groups is 1. The quantitative estimate of drug-likeness (QED) is 0.271. The first-order valence-electron chi connectivity index (χ1n) is 10.6. The summed E-state index contributed by atoms with van der Waals surface area (Å²) in [6, 6.07) is 20.7. The molecule has 8 heteroatoms. The highest BCUT2D eigenvalue weighted by atomic mass is 79.9. The number of halogens is 2. The number of carbonyl (C=O) groups excluding carboxylic acids is 2. The van der Waals surface area contributed by atoms with E-state index in [0.717, 1.165) is 17.3 Å². The predicted molar refractivity (Wildman–Crippen MR) is 139 cm³/mol. The number of hydrogen-bond donors (Lipinski definition) is 0. The van der Waals surface area contributed by atoms with Gasteiger partial charge in [-0.1, -0.05) is 60.1 Å². The van der Waals surface area contributed by atoms with E-state index < -0.39 is 0 Å². The summed E-state index contributed by atoms with van der Waals surface area (Å²) in [4.78, 5) is 27.0. The summed E-state index contributed by atoms with van der Waals surface area (Å²) in [6.07, 6.45) is 1.69. The van der Waals surface area contributed by atoms with E-state index in [0.29, 0.717) is 50.2 Å². The van der Waals surface area contributed by atoms with E-state index >= 15 is 0 Å². The molecule has 0 aliphatic carbocycles. The van der Waals surface area contributed by atoms with E-state index in [1.165, 1.54) is 4.90 Å². The van der Waals surface area contributed by atoms with Gasteiger partial charge in [-0.2, -0.15) is 0 Å². The maximum atomic E-state index is 13.0. The molecule has 3 aromatic carbocycles. The van der Waals surface area contributed by atoms with Crippen LogP contribution in [0.15, 0.2) is 76.1 Å². The lowest BCUT2D eigenvalue weighted by Crippen LogP contribution is -2.27. The van der Waals surface area contributed by atoms with Gasteiger partial charge in [0.1, 0.15) is 6.61 Å². The second kappa shape index (κ2) is 11.1. The van der Waals surface area contributed by atoms with Gasteiger partial charge in [-0.15, -0.1) is 0 Å². The summed E-state index contributed by atoms with van der Waals surface area (Å²) in [6.45, 7) is 2.86. The molecular formula is C26H21BrClNO4S. The molecule has 2 amide bonds. The van der Waals surface area contributed by atoms with Crippen molar-refractivity contribution in [2.45, 2.75) is 20.1 Å². The van der Waals surface area contributed by atoms with Gasteiger partial charge in [0.15, 0.2) is 11.5 Å². The van der Waals surface area contributed by atoms with Crippen molar-refractivity contribution in [3.63, 3.8) is 0 Å². The zero-order valence-electron chi connectivity index (χ0n) is 18.3. The van der Waals surface area contributed by atoms with Crippen LogP contribution in [-0.2, 0) is 17.9 Å². The lowest BCUT2D eigenvalue weighted by Gasteiger charge is -2.15. The maximum Gasteiger partial charge on any atom is 0.293 e. The van der Waals surface area contributed by atoms with Crippen molar-refractivity contribution in [1.29, 1.82) is 0 Å². The highest BCUT2D eigenvalue weighted by Gasteiger charge is 2.35. The molecule has 1 fully saturated rings. The first-order valence-corrected chi connectivity index (χ1v) is 12.6. The van der Waals surface area contributed by atoms with Crippen LogP contribution < -0.4 is 9.47 Å². The van der Waals surface area contributed by atoms with Crippen molar-refractivity contribution >= 4 is 56.5 Å². The summed E-state index contributed by atoms with van der Waals surface area (Å²) < 4.78 is 12.5. The Morgan fingerprint density at radius 2 is 1.76 bits per heavy atom. The fourth-order valence-corrected chi connectivity index (χ4v) is 5.00. The SMILES string of the molecule is CCOc1cc(/C=C2/SC(=O)N(Cc3ccccc3Cl)C2=O)cc(Br)c1OCc1ccccc1. The van der Waals surface area contributed by atoms with Crippen molar-refractivity contribution in [2.24, 2.45) is 0 Å². The van der Waals surface area contributed by atoms with Gasteiger partial charge in [0.2, 0.25) is 0 Å². The third-order valence-corrected chi connectivity index (χ3v) is 6.88. The van der Waals surface area contributed by atoms with Gasteiger partial charge in [0.25, 0.3) is 11.1 Å². The minimum Gasteiger partial charge on any atom is -0.490 e. The van der Waals surface area contributed by atoms with Crippen molar-refractivity contribution in [3.05, 3.63) is 97.8 Å². The van der Waals surface area contributed by atoms with Gasteiger partial charge in [0.05, 0.1) is 22.5 Å². The average molecular weight is 559 g/mol. The number of ether oxygens (including phenoxy) is 2. The number of amides is 2. The molecule has 34 heavy (non-hydrogen) atoms. The summed E-state index contributed by atoms with van der Waals surface area (Å²) >= 11 is 10.7. The topological polar surface area (TPSA) is 55.8 Å². The third-order valence-electron chi connectivity index (χ3n) is 5.02. The normalized spacial score (nSPS) is 14.7. The molecule has 0 N–H and O–H groups in total. The fraction of sp³-hybridized carbons (Fsp3) is 0.154. The van der Waals surface area contributed by atoms with Crippen molar-refractivity contribution in [3.8, 4) is 11.5 Å². The molecule has 0 bridgehead atoms. The number of nitrogens with zero attached hydrogens (tertiary/aromatic N) is 1. The molecule has 174 valence electrons. The van der Waals surface area contributed by atoms with Gasteiger partial charge < -0.3 is 9.47 Å². The summed E-state index contributed by atoms with van der Waals surface area (Å²) in [7, 11) is 0. The molecule has 0 unspecified atom stereocenters. The highest BCUT2D eigenvalue weighted by molar-refractivity contribution is 9.10. The minimum atomic E-state index is -0.353. The van der Waals surface area contributed by atoms with Crippen LogP contribution >= 0.6 is 39.3 Å². The molecule has 1 aliphatic rings. The Labute approximate surface area is 215 Å². The van der Waals surface area contributed by atoms with Gasteiger partial charge in [-0.25, -0.2) is 0 Å². The van der Waals surface area contributed by atoms with E-state index in [4.69, 9.17) is 21.1 Å². The minimum absolute atomic E-state index is 0.127. The van der Waals surface area contributed by atoms with Gasteiger partial charge in [-0.05, 0) is 75.6 Å². The largest absolute Gasteiger partial charge is 0.490 e. The second-order valence-corrected chi connectivity index (χ2v) is 9.65. The zero-order chi connectivity index (χ0) is 24.1. The van der Waals surface area contributed by atoms with Crippen LogP contribution in [0.1, 0.15) is 23.6 Å². The van der Waals surface area contributed by atoms with E-state index in [1.807, 2.05) is 49.4 Å². The lowest BCUT2D eigenvalue weighted by molar-refractivity contribution is -0.123. The van der Waals surface area contributed by atoms with E-state index in [9.17, 15) is 9.59 Å². The molecule has 1 heterocycles. The Balaban J connectivity index is 1.56. The summed E-state index contributed by atoms with van der Waals surface area (Å²) in [5, 5.41) is 0.185. The number of rotatable bonds is 8. The first kappa shape index (κ1) is 24.4. The molecule has 1 aliphatic heterocycles. The maximum absolute atomic E-state index is 13.0. The number of hydrogen-bond acceptors (Lipinski definition) is 5. The average Bonchev–Trinajstić information content (AvgIpc) is 3.08. The van der Waals surface area contributed by atoms with Crippen LogP contribution in [-0.4, -0.2) is 22.7 Å². The van der Waals surface area contributed by atoms with Gasteiger partial charge in [0, 0.05) is 5.02 Å². The molecule has 5 nitrogen and oxygen atoms in total. The monoisotopic (exact) mass is 557 g/mol. The molecule has 3 aromatic rings. The Hall–Kier alpha value is -2.74. The molecule has 1 saturated heterocycles.